The van der Waals surface area contributed by atoms with Crippen LogP contribution < -0.4 is 11.1 Å². The van der Waals surface area contributed by atoms with E-state index in [0.29, 0.717) is 44.8 Å². The van der Waals surface area contributed by atoms with E-state index in [-0.39, 0.29) is 29.7 Å². The zero-order chi connectivity index (χ0) is 19.9. The number of nitrogens with one attached hydrogen (secondary N) is 1. The number of likely N-dealkylation sites (N-methyl/N-ethyl adjacent to an activating group) is 1. The number of hydrogen-bond acceptors (Lipinski definition) is 6. The predicted molar refractivity (Wildman–Crippen MR) is 101 cm³/mol. The lowest BCUT2D eigenvalue weighted by molar-refractivity contribution is -0.136. The van der Waals surface area contributed by atoms with Crippen LogP contribution in [-0.4, -0.2) is 65.9 Å². The third-order valence-corrected chi connectivity index (χ3v) is 6.36. The zero-order valence-electron chi connectivity index (χ0n) is 16.1. The summed E-state index contributed by atoms with van der Waals surface area (Å²) in [4.78, 5) is 40.4. The first-order chi connectivity index (χ1) is 13.4. The van der Waals surface area contributed by atoms with Crippen molar-refractivity contribution in [2.75, 3.05) is 26.8 Å². The molecule has 0 aliphatic carbocycles. The molecule has 1 aromatic rings. The molecule has 8 nitrogen and oxygen atoms in total. The number of benzene rings is 1. The molecule has 3 aliphatic heterocycles. The molecule has 1 aromatic carbocycles. The maximum Gasteiger partial charge on any atom is 0.255 e. The molecule has 2 unspecified atom stereocenters. The number of ether oxygens (including phenoxy) is 1. The Balaban J connectivity index is 1.56. The van der Waals surface area contributed by atoms with E-state index in [9.17, 15) is 14.4 Å². The first-order valence-corrected chi connectivity index (χ1v) is 9.70. The Morgan fingerprint density at radius 2 is 2.18 bits per heavy atom. The largest absolute Gasteiger partial charge is 0.379 e. The number of carbonyl (C=O) groups excluding carboxylic acids is 3. The van der Waals surface area contributed by atoms with Gasteiger partial charge in [-0.25, -0.2) is 0 Å². The smallest absolute Gasteiger partial charge is 0.255 e. The van der Waals surface area contributed by atoms with Gasteiger partial charge in [0.1, 0.15) is 6.04 Å². The van der Waals surface area contributed by atoms with Crippen LogP contribution in [0.15, 0.2) is 18.2 Å². The van der Waals surface area contributed by atoms with Gasteiger partial charge in [-0.05, 0) is 37.1 Å². The Bertz CT molecular complexity index is 818. The van der Waals surface area contributed by atoms with Crippen LogP contribution in [0.25, 0.3) is 0 Å². The zero-order valence-corrected chi connectivity index (χ0v) is 16.1. The fourth-order valence-corrected chi connectivity index (χ4v) is 4.44. The summed E-state index contributed by atoms with van der Waals surface area (Å²) in [6, 6.07) is 5.12. The van der Waals surface area contributed by atoms with Crippen molar-refractivity contribution < 1.29 is 19.1 Å². The molecule has 3 amide bonds. The van der Waals surface area contributed by atoms with E-state index < -0.39 is 6.04 Å². The van der Waals surface area contributed by atoms with Crippen molar-refractivity contribution in [2.45, 2.75) is 43.9 Å². The second-order valence-corrected chi connectivity index (χ2v) is 7.93. The Hall–Kier alpha value is -2.29. The van der Waals surface area contributed by atoms with Gasteiger partial charge in [-0.2, -0.15) is 0 Å². The summed E-state index contributed by atoms with van der Waals surface area (Å²) in [5.41, 5.74) is 8.51. The fraction of sp³-hybridized carbons (Fsp3) is 0.550. The maximum atomic E-state index is 12.9. The van der Waals surface area contributed by atoms with E-state index in [1.54, 1.807) is 4.90 Å². The van der Waals surface area contributed by atoms with E-state index in [2.05, 4.69) is 10.2 Å². The maximum absolute atomic E-state index is 12.9. The van der Waals surface area contributed by atoms with Crippen molar-refractivity contribution in [3.63, 3.8) is 0 Å². The molecule has 3 aliphatic rings. The molecule has 0 spiro atoms. The van der Waals surface area contributed by atoms with E-state index >= 15 is 0 Å². The van der Waals surface area contributed by atoms with E-state index in [1.807, 2.05) is 25.2 Å². The predicted octanol–water partition coefficient (Wildman–Crippen LogP) is -0.00280. The van der Waals surface area contributed by atoms with Gasteiger partial charge in [0, 0.05) is 38.2 Å². The molecule has 28 heavy (non-hydrogen) atoms. The number of nitrogens with two attached hydrogens (primary N) is 1. The third kappa shape index (κ3) is 3.11. The molecule has 0 radical (unpaired) electrons. The minimum Gasteiger partial charge on any atom is -0.379 e. The van der Waals surface area contributed by atoms with Gasteiger partial charge < -0.3 is 15.4 Å². The first kappa shape index (κ1) is 19.0. The van der Waals surface area contributed by atoms with Crippen LogP contribution in [-0.2, 0) is 27.4 Å². The summed E-state index contributed by atoms with van der Waals surface area (Å²) < 4.78 is 5.58. The van der Waals surface area contributed by atoms with Gasteiger partial charge in [-0.15, -0.1) is 0 Å². The summed E-state index contributed by atoms with van der Waals surface area (Å²) in [7, 11) is 2.04. The Kier molecular flexibility index (Phi) is 4.95. The number of fused-ring (bicyclic) bond motifs is 1. The monoisotopic (exact) mass is 386 g/mol. The van der Waals surface area contributed by atoms with Crippen LogP contribution in [0.2, 0.25) is 0 Å². The van der Waals surface area contributed by atoms with Gasteiger partial charge in [0.2, 0.25) is 11.8 Å². The molecular formula is C20H26N4O4. The number of piperidine rings is 1. The van der Waals surface area contributed by atoms with Crippen molar-refractivity contribution in [1.82, 2.24) is 15.1 Å². The normalized spacial score (nSPS) is 27.5. The quantitative estimate of drug-likeness (QED) is 0.690. The lowest BCUT2D eigenvalue weighted by Crippen LogP contribution is -2.52. The minimum atomic E-state index is -0.596. The Morgan fingerprint density at radius 1 is 1.36 bits per heavy atom. The summed E-state index contributed by atoms with van der Waals surface area (Å²) in [5, 5.41) is 2.34. The van der Waals surface area contributed by atoms with Gasteiger partial charge in [-0.1, -0.05) is 12.1 Å². The number of imide groups is 1. The molecule has 0 saturated carbocycles. The number of rotatable bonds is 5. The van der Waals surface area contributed by atoms with E-state index in [1.165, 1.54) is 0 Å². The molecule has 4 rings (SSSR count). The van der Waals surface area contributed by atoms with Crippen molar-refractivity contribution in [2.24, 2.45) is 5.73 Å². The first-order valence-electron chi connectivity index (χ1n) is 9.70. The second kappa shape index (κ2) is 7.27. The molecule has 2 atom stereocenters. The van der Waals surface area contributed by atoms with Gasteiger partial charge in [0.25, 0.3) is 5.91 Å². The second-order valence-electron chi connectivity index (χ2n) is 7.93. The molecule has 3 heterocycles. The molecule has 2 fully saturated rings. The van der Waals surface area contributed by atoms with Crippen molar-refractivity contribution in [3.8, 4) is 0 Å². The Labute approximate surface area is 164 Å². The molecule has 0 bridgehead atoms. The standard InChI is InChI=1S/C20H26N4O4/c1-23(20(11-21)7-8-28-12-20)9-13-3-2-4-14-15(13)10-24(19(14)27)16-5-6-17(25)22-18(16)26/h2-4,16H,5-12,21H2,1H3,(H,22,25,26). The van der Waals surface area contributed by atoms with Crippen LogP contribution in [0.5, 0.6) is 0 Å². The van der Waals surface area contributed by atoms with Crippen LogP contribution in [0.1, 0.15) is 40.7 Å². The number of hydrogen-bond donors (Lipinski definition) is 2. The summed E-state index contributed by atoms with van der Waals surface area (Å²) in [5.74, 6) is -0.813. The van der Waals surface area contributed by atoms with Crippen molar-refractivity contribution in [3.05, 3.63) is 34.9 Å². The van der Waals surface area contributed by atoms with Crippen molar-refractivity contribution >= 4 is 17.7 Å². The summed E-state index contributed by atoms with van der Waals surface area (Å²) in [6.07, 6.45) is 1.51. The molecule has 0 aromatic heterocycles. The summed E-state index contributed by atoms with van der Waals surface area (Å²) in [6.45, 7) is 2.86. The molecule has 3 N–H and O–H groups in total. The van der Waals surface area contributed by atoms with Crippen LogP contribution >= 0.6 is 0 Å². The van der Waals surface area contributed by atoms with Gasteiger partial charge in [0.05, 0.1) is 12.1 Å². The molecule has 150 valence electrons. The molecule has 2 saturated heterocycles. The van der Waals surface area contributed by atoms with Crippen molar-refractivity contribution in [1.29, 1.82) is 0 Å². The highest BCUT2D eigenvalue weighted by Gasteiger charge is 2.41. The van der Waals surface area contributed by atoms with Gasteiger partial charge in [-0.3, -0.25) is 24.6 Å². The lowest BCUT2D eigenvalue weighted by atomic mass is 9.95. The highest BCUT2D eigenvalue weighted by Crippen LogP contribution is 2.32. The SMILES string of the molecule is CN(Cc1cccc2c1CN(C1CCC(=O)NC1=O)C2=O)C1(CN)CCOC1. The number of nitrogens with zero attached hydrogens (tertiary/aromatic N) is 2. The average molecular weight is 386 g/mol. The third-order valence-electron chi connectivity index (χ3n) is 6.36. The fourth-order valence-electron chi connectivity index (χ4n) is 4.44. The highest BCUT2D eigenvalue weighted by molar-refractivity contribution is 6.05. The average Bonchev–Trinajstić information content (AvgIpc) is 3.29. The topological polar surface area (TPSA) is 105 Å². The van der Waals surface area contributed by atoms with Gasteiger partial charge >= 0.3 is 0 Å². The van der Waals surface area contributed by atoms with Gasteiger partial charge in [0.15, 0.2) is 0 Å². The van der Waals surface area contributed by atoms with E-state index in [4.69, 9.17) is 10.5 Å². The van der Waals surface area contributed by atoms with E-state index in [0.717, 1.165) is 17.5 Å². The minimum absolute atomic E-state index is 0.147. The molecule has 8 heteroatoms. The Morgan fingerprint density at radius 3 is 2.86 bits per heavy atom. The van der Waals surface area contributed by atoms with Crippen LogP contribution in [0.3, 0.4) is 0 Å². The number of amides is 3. The molecular weight excluding hydrogens is 360 g/mol. The number of carbonyl (C=O) groups is 3. The lowest BCUT2D eigenvalue weighted by Gasteiger charge is -2.37. The van der Waals surface area contributed by atoms with Crippen LogP contribution in [0, 0.1) is 0 Å². The van der Waals surface area contributed by atoms with Crippen LogP contribution in [0.4, 0.5) is 0 Å². The summed E-state index contributed by atoms with van der Waals surface area (Å²) >= 11 is 0. The highest BCUT2D eigenvalue weighted by atomic mass is 16.5.